The Bertz CT molecular complexity index is 674. The largest absolute Gasteiger partial charge is 0.491 e. The van der Waals surface area contributed by atoms with Crippen LogP contribution in [-0.4, -0.2) is 37.3 Å². The first-order valence-corrected chi connectivity index (χ1v) is 13.6. The van der Waals surface area contributed by atoms with Gasteiger partial charge < -0.3 is 9.31 Å². The van der Waals surface area contributed by atoms with Gasteiger partial charge in [-0.15, -0.1) is 0 Å². The molecule has 0 aliphatic carbocycles. The van der Waals surface area contributed by atoms with Crippen LogP contribution in [0.3, 0.4) is 0 Å². The van der Waals surface area contributed by atoms with Gasteiger partial charge >= 0.3 is 7.12 Å². The highest BCUT2D eigenvalue weighted by Crippen LogP contribution is 2.39. The molecule has 0 spiro atoms. The molecule has 0 saturated carbocycles. The molecule has 0 N–H and O–H groups in total. The van der Waals surface area contributed by atoms with Gasteiger partial charge in [-0.05, 0) is 38.7 Å². The zero-order valence-electron chi connectivity index (χ0n) is 17.3. The molecule has 2 rings (SSSR count). The minimum Gasteiger partial charge on any atom is -0.400 e. The highest BCUT2D eigenvalue weighted by Gasteiger charge is 2.52. The Balaban J connectivity index is 2.30. The van der Waals surface area contributed by atoms with Gasteiger partial charge in [-0.25, -0.2) is 0 Å². The first-order chi connectivity index (χ1) is 11.8. The summed E-state index contributed by atoms with van der Waals surface area (Å²) >= 11 is 1.29. The van der Waals surface area contributed by atoms with Gasteiger partial charge in [-0.3, -0.25) is 4.79 Å². The first-order valence-electron chi connectivity index (χ1n) is 9.12. The Hall–Kier alpha value is -0.818. The molecule has 0 atom stereocenters. The monoisotopic (exact) mass is 390 g/mol. The summed E-state index contributed by atoms with van der Waals surface area (Å²) in [6.07, 6.45) is 2.10. The smallest absolute Gasteiger partial charge is 0.400 e. The predicted octanol–water partition coefficient (Wildman–Crippen LogP) is 4.53. The molecule has 1 aromatic rings. The van der Waals surface area contributed by atoms with Gasteiger partial charge in [0.1, 0.15) is 0 Å². The zero-order chi connectivity index (χ0) is 19.8. The number of carbonyl (C=O) groups excluding carboxylic acids is 1. The molecule has 0 aromatic heterocycles. The molecule has 1 fully saturated rings. The second-order valence-electron chi connectivity index (χ2n) is 8.96. The molecule has 3 nitrogen and oxygen atoms in total. The Kier molecular flexibility index (Phi) is 6.33. The van der Waals surface area contributed by atoms with Crippen molar-refractivity contribution in [3.63, 3.8) is 0 Å². The standard InChI is InChI=1S/C20H31BO3SSi/c1-15(22)25-14-17(21-23-19(2,3)20(4,5)24-21)13-16-9-11-18(12-10-16)26(6,7)8/h9-13H,14H2,1-8H3. The molecule has 6 heteroatoms. The van der Waals surface area contributed by atoms with E-state index in [1.807, 2.05) is 27.7 Å². The van der Waals surface area contributed by atoms with Gasteiger partial charge in [0, 0.05) is 12.7 Å². The van der Waals surface area contributed by atoms with Gasteiger partial charge in [0.25, 0.3) is 0 Å². The van der Waals surface area contributed by atoms with Crippen molar-refractivity contribution in [3.8, 4) is 0 Å². The van der Waals surface area contributed by atoms with Gasteiger partial charge in [-0.1, -0.05) is 66.9 Å². The third-order valence-corrected chi connectivity index (χ3v) is 8.08. The first kappa shape index (κ1) is 21.5. The SMILES string of the molecule is CC(=O)SCC(=Cc1ccc([Si](C)(C)C)cc1)B1OC(C)(C)C(C)(C)O1. The quantitative estimate of drug-likeness (QED) is 0.693. The third-order valence-electron chi connectivity index (χ3n) is 5.13. The lowest BCUT2D eigenvalue weighted by Gasteiger charge is -2.32. The van der Waals surface area contributed by atoms with Crippen molar-refractivity contribution in [2.75, 3.05) is 5.75 Å². The third kappa shape index (κ3) is 5.12. The van der Waals surface area contributed by atoms with Crippen LogP contribution >= 0.6 is 11.8 Å². The van der Waals surface area contributed by atoms with Crippen LogP contribution in [-0.2, 0) is 14.1 Å². The molecule has 1 saturated heterocycles. The molecule has 26 heavy (non-hydrogen) atoms. The number of thioether (sulfide) groups is 1. The number of carbonyl (C=O) groups is 1. The lowest BCUT2D eigenvalue weighted by molar-refractivity contribution is -0.109. The zero-order valence-corrected chi connectivity index (χ0v) is 19.1. The molecular weight excluding hydrogens is 359 g/mol. The van der Waals surface area contributed by atoms with E-state index in [2.05, 4.69) is 50.0 Å². The summed E-state index contributed by atoms with van der Waals surface area (Å²) in [4.78, 5) is 11.5. The lowest BCUT2D eigenvalue weighted by Crippen LogP contribution is -2.41. The van der Waals surface area contributed by atoms with Crippen LogP contribution in [0.1, 0.15) is 40.2 Å². The molecule has 0 radical (unpaired) electrons. The predicted molar refractivity (Wildman–Crippen MR) is 117 cm³/mol. The van der Waals surface area contributed by atoms with Crippen molar-refractivity contribution in [1.29, 1.82) is 0 Å². The van der Waals surface area contributed by atoms with Crippen molar-refractivity contribution in [3.05, 3.63) is 35.3 Å². The highest BCUT2D eigenvalue weighted by atomic mass is 32.2. The van der Waals surface area contributed by atoms with E-state index in [-0.39, 0.29) is 16.3 Å². The molecule has 0 bridgehead atoms. The van der Waals surface area contributed by atoms with Crippen LogP contribution in [0.4, 0.5) is 0 Å². The van der Waals surface area contributed by atoms with Crippen molar-refractivity contribution in [1.82, 2.24) is 0 Å². The summed E-state index contributed by atoms with van der Waals surface area (Å²) in [5, 5.41) is 1.53. The summed E-state index contributed by atoms with van der Waals surface area (Å²) in [6.45, 7) is 16.8. The van der Waals surface area contributed by atoms with E-state index >= 15 is 0 Å². The summed E-state index contributed by atoms with van der Waals surface area (Å²) < 4.78 is 12.4. The van der Waals surface area contributed by atoms with Crippen LogP contribution < -0.4 is 5.19 Å². The van der Waals surface area contributed by atoms with E-state index in [0.717, 1.165) is 11.0 Å². The number of benzene rings is 1. The van der Waals surface area contributed by atoms with Gasteiger partial charge in [-0.2, -0.15) is 0 Å². The van der Waals surface area contributed by atoms with Crippen molar-refractivity contribution in [2.45, 2.75) is 65.5 Å². The van der Waals surface area contributed by atoms with E-state index < -0.39 is 15.2 Å². The summed E-state index contributed by atoms with van der Waals surface area (Å²) in [7, 11) is -1.74. The van der Waals surface area contributed by atoms with E-state index in [1.54, 1.807) is 6.92 Å². The van der Waals surface area contributed by atoms with Crippen LogP contribution in [0.25, 0.3) is 6.08 Å². The maximum absolute atomic E-state index is 11.5. The van der Waals surface area contributed by atoms with Crippen molar-refractivity contribution < 1.29 is 14.1 Å². The second-order valence-corrected chi connectivity index (χ2v) is 15.2. The van der Waals surface area contributed by atoms with E-state index in [0.29, 0.717) is 5.75 Å². The summed E-state index contributed by atoms with van der Waals surface area (Å²) in [6, 6.07) is 8.74. The Morgan fingerprint density at radius 2 is 1.58 bits per heavy atom. The molecular formula is C20H31BO3SSi. The minimum atomic E-state index is -1.31. The van der Waals surface area contributed by atoms with Gasteiger partial charge in [0.15, 0.2) is 5.12 Å². The summed E-state index contributed by atoms with van der Waals surface area (Å²) in [5.41, 5.74) is 1.32. The molecule has 142 valence electrons. The second kappa shape index (κ2) is 7.66. The highest BCUT2D eigenvalue weighted by molar-refractivity contribution is 8.13. The Morgan fingerprint density at radius 3 is 2.00 bits per heavy atom. The van der Waals surface area contributed by atoms with Gasteiger partial charge in [0.2, 0.25) is 0 Å². The molecule has 0 unspecified atom stereocenters. The van der Waals surface area contributed by atoms with Crippen molar-refractivity contribution in [2.24, 2.45) is 0 Å². The Morgan fingerprint density at radius 1 is 1.08 bits per heavy atom. The number of rotatable bonds is 5. The fraction of sp³-hybridized carbons (Fsp3) is 0.550. The fourth-order valence-corrected chi connectivity index (χ4v) is 4.41. The number of hydrogen-bond acceptors (Lipinski definition) is 4. The molecule has 1 aliphatic rings. The van der Waals surface area contributed by atoms with E-state index in [1.165, 1.54) is 16.9 Å². The van der Waals surface area contributed by atoms with Crippen LogP contribution in [0.5, 0.6) is 0 Å². The molecule has 1 aromatic carbocycles. The van der Waals surface area contributed by atoms with Crippen LogP contribution in [0, 0.1) is 0 Å². The lowest BCUT2D eigenvalue weighted by atomic mass is 9.78. The van der Waals surface area contributed by atoms with Gasteiger partial charge in [0.05, 0.1) is 19.3 Å². The molecule has 1 aliphatic heterocycles. The van der Waals surface area contributed by atoms with E-state index in [9.17, 15) is 4.79 Å². The average Bonchev–Trinajstić information content (AvgIpc) is 2.71. The molecule has 1 heterocycles. The summed E-state index contributed by atoms with van der Waals surface area (Å²) in [5.74, 6) is 0.571. The normalized spacial score (nSPS) is 19.7. The van der Waals surface area contributed by atoms with Crippen molar-refractivity contribution >= 4 is 43.3 Å². The molecule has 0 amide bonds. The van der Waals surface area contributed by atoms with E-state index in [4.69, 9.17) is 9.31 Å². The minimum absolute atomic E-state index is 0.0986. The van der Waals surface area contributed by atoms with Crippen LogP contribution in [0.2, 0.25) is 19.6 Å². The topological polar surface area (TPSA) is 35.5 Å². The number of hydrogen-bond donors (Lipinski definition) is 0. The van der Waals surface area contributed by atoms with Crippen LogP contribution in [0.15, 0.2) is 29.7 Å². The maximum Gasteiger partial charge on any atom is 0.491 e. The maximum atomic E-state index is 11.5. The average molecular weight is 390 g/mol. The Labute approximate surface area is 164 Å². The fourth-order valence-electron chi connectivity index (χ4n) is 2.65.